The van der Waals surface area contributed by atoms with Gasteiger partial charge >= 0.3 is 0 Å². The fraction of sp³-hybridized carbons (Fsp3) is 0.143. The van der Waals surface area contributed by atoms with Gasteiger partial charge in [-0.2, -0.15) is 5.10 Å². The zero-order valence-corrected chi connectivity index (χ0v) is 14.9. The van der Waals surface area contributed by atoms with E-state index in [-0.39, 0.29) is 5.82 Å². The molecule has 0 aliphatic rings. The second-order valence-electron chi connectivity index (χ2n) is 6.50. The van der Waals surface area contributed by atoms with Crippen LogP contribution in [0.2, 0.25) is 0 Å². The molecular formula is C21H19FN4. The Labute approximate surface area is 151 Å². The third-order valence-corrected chi connectivity index (χ3v) is 4.71. The Hall–Kier alpha value is -3.21. The van der Waals surface area contributed by atoms with Crippen LogP contribution in [-0.2, 0) is 0 Å². The maximum Gasteiger partial charge on any atom is 0.161 e. The van der Waals surface area contributed by atoms with Crippen LogP contribution in [0.5, 0.6) is 0 Å². The SMILES string of the molecule is Cc1ccccc1-c1cc(C)c(C)c(Nc2n[nH]c3ccc(F)cc23)n1. The van der Waals surface area contributed by atoms with Gasteiger partial charge in [0.1, 0.15) is 11.6 Å². The molecule has 2 heterocycles. The third-order valence-electron chi connectivity index (χ3n) is 4.71. The molecule has 130 valence electrons. The number of anilines is 2. The van der Waals surface area contributed by atoms with Gasteiger partial charge in [-0.25, -0.2) is 9.37 Å². The zero-order valence-electron chi connectivity index (χ0n) is 14.9. The molecule has 4 rings (SSSR count). The smallest absolute Gasteiger partial charge is 0.161 e. The maximum absolute atomic E-state index is 13.6. The summed E-state index contributed by atoms with van der Waals surface area (Å²) in [6, 6.07) is 14.8. The molecule has 0 atom stereocenters. The molecule has 0 radical (unpaired) electrons. The molecule has 2 N–H and O–H groups in total. The highest BCUT2D eigenvalue weighted by Crippen LogP contribution is 2.30. The van der Waals surface area contributed by atoms with Crippen LogP contribution in [0.3, 0.4) is 0 Å². The fourth-order valence-corrected chi connectivity index (χ4v) is 3.05. The molecule has 2 aromatic heterocycles. The van der Waals surface area contributed by atoms with E-state index in [1.54, 1.807) is 6.07 Å². The number of hydrogen-bond acceptors (Lipinski definition) is 3. The monoisotopic (exact) mass is 346 g/mol. The van der Waals surface area contributed by atoms with Crippen molar-refractivity contribution in [1.82, 2.24) is 15.2 Å². The van der Waals surface area contributed by atoms with E-state index in [1.165, 1.54) is 17.7 Å². The van der Waals surface area contributed by atoms with E-state index < -0.39 is 0 Å². The molecule has 0 amide bonds. The predicted molar refractivity (Wildman–Crippen MR) is 103 cm³/mol. The van der Waals surface area contributed by atoms with Crippen LogP contribution < -0.4 is 5.32 Å². The normalized spacial score (nSPS) is 11.1. The molecule has 26 heavy (non-hydrogen) atoms. The quantitative estimate of drug-likeness (QED) is 0.520. The Bertz CT molecular complexity index is 1110. The number of nitrogens with one attached hydrogen (secondary N) is 2. The molecule has 0 fully saturated rings. The van der Waals surface area contributed by atoms with Gasteiger partial charge < -0.3 is 5.32 Å². The molecule has 4 aromatic rings. The summed E-state index contributed by atoms with van der Waals surface area (Å²) < 4.78 is 13.6. The lowest BCUT2D eigenvalue weighted by atomic mass is 10.0. The van der Waals surface area contributed by atoms with Gasteiger partial charge in [0.2, 0.25) is 0 Å². The van der Waals surface area contributed by atoms with Crippen LogP contribution in [0.25, 0.3) is 22.2 Å². The summed E-state index contributed by atoms with van der Waals surface area (Å²) in [6.07, 6.45) is 0. The number of aromatic nitrogens is 3. The topological polar surface area (TPSA) is 53.6 Å². The Morgan fingerprint density at radius 3 is 2.54 bits per heavy atom. The fourth-order valence-electron chi connectivity index (χ4n) is 3.05. The number of aryl methyl sites for hydroxylation is 2. The van der Waals surface area contributed by atoms with Crippen LogP contribution in [0.15, 0.2) is 48.5 Å². The van der Waals surface area contributed by atoms with Gasteiger partial charge in [-0.05, 0) is 61.7 Å². The number of fused-ring (bicyclic) bond motifs is 1. The molecule has 0 saturated carbocycles. The second kappa shape index (κ2) is 6.26. The lowest BCUT2D eigenvalue weighted by Crippen LogP contribution is -2.01. The summed E-state index contributed by atoms with van der Waals surface area (Å²) in [5.41, 5.74) is 6.11. The van der Waals surface area contributed by atoms with Crippen molar-refractivity contribution in [2.75, 3.05) is 5.32 Å². The van der Waals surface area contributed by atoms with Crippen molar-refractivity contribution in [3.63, 3.8) is 0 Å². The maximum atomic E-state index is 13.6. The largest absolute Gasteiger partial charge is 0.323 e. The molecule has 0 aliphatic carbocycles. The highest BCUT2D eigenvalue weighted by atomic mass is 19.1. The number of benzene rings is 2. The minimum atomic E-state index is -0.295. The number of H-pyrrole nitrogens is 1. The van der Waals surface area contributed by atoms with E-state index in [2.05, 4.69) is 47.6 Å². The Morgan fingerprint density at radius 1 is 0.923 bits per heavy atom. The number of halogens is 1. The number of hydrogen-bond donors (Lipinski definition) is 2. The highest BCUT2D eigenvalue weighted by molar-refractivity contribution is 5.91. The van der Waals surface area contributed by atoms with Crippen LogP contribution >= 0.6 is 0 Å². The van der Waals surface area contributed by atoms with Crippen LogP contribution in [0, 0.1) is 26.6 Å². The summed E-state index contributed by atoms with van der Waals surface area (Å²) in [5.74, 6) is 0.994. The number of nitrogens with zero attached hydrogens (tertiary/aromatic N) is 2. The van der Waals surface area contributed by atoms with E-state index in [4.69, 9.17) is 4.98 Å². The van der Waals surface area contributed by atoms with Gasteiger partial charge in [0, 0.05) is 10.9 Å². The Kier molecular flexibility index (Phi) is 3.92. The van der Waals surface area contributed by atoms with Gasteiger partial charge in [0.05, 0.1) is 11.2 Å². The Balaban J connectivity index is 1.81. The molecular weight excluding hydrogens is 327 g/mol. The average molecular weight is 346 g/mol. The van der Waals surface area contributed by atoms with Crippen molar-refractivity contribution < 1.29 is 4.39 Å². The summed E-state index contributed by atoms with van der Waals surface area (Å²) in [7, 11) is 0. The molecule has 2 aromatic carbocycles. The number of rotatable bonds is 3. The van der Waals surface area contributed by atoms with Gasteiger partial charge in [-0.15, -0.1) is 0 Å². The lowest BCUT2D eigenvalue weighted by Gasteiger charge is -2.13. The number of aromatic amines is 1. The van der Waals surface area contributed by atoms with Gasteiger partial charge in [-0.1, -0.05) is 24.3 Å². The van der Waals surface area contributed by atoms with Crippen molar-refractivity contribution in [3.05, 3.63) is 71.0 Å². The summed E-state index contributed by atoms with van der Waals surface area (Å²) >= 11 is 0. The second-order valence-corrected chi connectivity index (χ2v) is 6.50. The van der Waals surface area contributed by atoms with Crippen molar-refractivity contribution in [3.8, 4) is 11.3 Å². The van der Waals surface area contributed by atoms with Crippen LogP contribution in [0.4, 0.5) is 16.0 Å². The molecule has 0 saturated heterocycles. The minimum Gasteiger partial charge on any atom is -0.323 e. The molecule has 0 spiro atoms. The third kappa shape index (κ3) is 2.81. The first-order valence-corrected chi connectivity index (χ1v) is 8.48. The van der Waals surface area contributed by atoms with E-state index >= 15 is 0 Å². The predicted octanol–water partition coefficient (Wildman–Crippen LogP) is 5.43. The van der Waals surface area contributed by atoms with Gasteiger partial charge in [-0.3, -0.25) is 5.10 Å². The molecule has 0 bridgehead atoms. The van der Waals surface area contributed by atoms with Crippen molar-refractivity contribution in [2.24, 2.45) is 0 Å². The number of pyridine rings is 1. The standard InChI is InChI=1S/C21H19FN4/c1-12-6-4-5-7-16(12)19-10-13(2)14(3)20(23-19)24-21-17-11-15(22)8-9-18(17)25-26-21/h4-11H,1-3H3,(H2,23,24,25,26). The lowest BCUT2D eigenvalue weighted by molar-refractivity contribution is 0.630. The first kappa shape index (κ1) is 16.3. The van der Waals surface area contributed by atoms with E-state index in [9.17, 15) is 4.39 Å². The summed E-state index contributed by atoms with van der Waals surface area (Å²) in [4.78, 5) is 4.81. The Morgan fingerprint density at radius 2 is 1.73 bits per heavy atom. The minimum absolute atomic E-state index is 0.295. The molecule has 4 nitrogen and oxygen atoms in total. The van der Waals surface area contributed by atoms with Crippen molar-refractivity contribution in [2.45, 2.75) is 20.8 Å². The summed E-state index contributed by atoms with van der Waals surface area (Å²) in [5, 5.41) is 11.2. The molecule has 0 aliphatic heterocycles. The first-order valence-electron chi connectivity index (χ1n) is 8.48. The average Bonchev–Trinajstić information content (AvgIpc) is 3.01. The van der Waals surface area contributed by atoms with E-state index in [0.29, 0.717) is 11.2 Å². The first-order chi connectivity index (χ1) is 12.5. The van der Waals surface area contributed by atoms with E-state index in [1.807, 2.05) is 19.1 Å². The van der Waals surface area contributed by atoms with Gasteiger partial charge in [0.25, 0.3) is 0 Å². The highest BCUT2D eigenvalue weighted by Gasteiger charge is 2.13. The zero-order chi connectivity index (χ0) is 18.3. The van der Waals surface area contributed by atoms with Crippen LogP contribution in [-0.4, -0.2) is 15.2 Å². The van der Waals surface area contributed by atoms with Crippen molar-refractivity contribution in [1.29, 1.82) is 0 Å². The molecule has 5 heteroatoms. The van der Waals surface area contributed by atoms with E-state index in [0.717, 1.165) is 33.7 Å². The summed E-state index contributed by atoms with van der Waals surface area (Å²) in [6.45, 7) is 6.15. The van der Waals surface area contributed by atoms with Crippen LogP contribution in [0.1, 0.15) is 16.7 Å². The van der Waals surface area contributed by atoms with Gasteiger partial charge in [0.15, 0.2) is 5.82 Å². The van der Waals surface area contributed by atoms with Crippen molar-refractivity contribution >= 4 is 22.5 Å². The molecule has 0 unspecified atom stereocenters.